The number of carboxylic acids is 1. The maximum atomic E-state index is 13.0. The Morgan fingerprint density at radius 3 is 2.40 bits per heavy atom. The molecular weight excluding hydrogens is 362 g/mol. The first-order valence-electron chi connectivity index (χ1n) is 7.46. The molecule has 2 aromatic rings. The van der Waals surface area contributed by atoms with Crippen LogP contribution in [0.1, 0.15) is 17.0 Å². The summed E-state index contributed by atoms with van der Waals surface area (Å²) in [5.41, 5.74) is -0.711. The normalized spacial score (nSPS) is 25.2. The van der Waals surface area contributed by atoms with Crippen LogP contribution in [0.5, 0.6) is 0 Å². The van der Waals surface area contributed by atoms with E-state index in [-0.39, 0.29) is 4.90 Å². The minimum Gasteiger partial charge on any atom is -0.480 e. The van der Waals surface area contributed by atoms with Gasteiger partial charge in [-0.05, 0) is 36.8 Å². The van der Waals surface area contributed by atoms with E-state index in [1.165, 1.54) is 18.2 Å². The number of hydrogen-bond acceptors (Lipinski definition) is 4. The Hall–Kier alpha value is -2.36. The summed E-state index contributed by atoms with van der Waals surface area (Å²) in [6, 6.07) is 14.2. The number of nitrogens with zero attached hydrogens (tertiary/aromatic N) is 1. The zero-order chi connectivity index (χ0) is 18.4. The van der Waals surface area contributed by atoms with Gasteiger partial charge in [0.25, 0.3) is 0 Å². The summed E-state index contributed by atoms with van der Waals surface area (Å²) >= 11 is 5.95. The molecule has 0 radical (unpaired) electrons. The van der Waals surface area contributed by atoms with Gasteiger partial charge in [0.15, 0.2) is 15.3 Å². The van der Waals surface area contributed by atoms with Crippen LogP contribution < -0.4 is 0 Å². The standard InChI is InChI=1S/C18H14ClNO4S/c1-11-5-7-14(8-6-11)25(23,24)16-15(18(16,10-20)17(21)22)12-3-2-4-13(19)9-12/h2-9,15-16H,1H3,(H,21,22)/t15-,16+,18+/m0/s1. The van der Waals surface area contributed by atoms with Crippen LogP contribution in [-0.2, 0) is 14.6 Å². The van der Waals surface area contributed by atoms with Gasteiger partial charge in [-0.25, -0.2) is 8.42 Å². The van der Waals surface area contributed by atoms with Crippen LogP contribution in [0.4, 0.5) is 0 Å². The second kappa shape index (κ2) is 5.87. The van der Waals surface area contributed by atoms with Crippen molar-refractivity contribution in [1.29, 1.82) is 5.26 Å². The molecule has 7 heteroatoms. The number of carboxylic acid groups (broad SMARTS) is 1. The summed E-state index contributed by atoms with van der Waals surface area (Å²) in [6.45, 7) is 1.82. The first-order valence-corrected chi connectivity index (χ1v) is 9.38. The average molecular weight is 376 g/mol. The van der Waals surface area contributed by atoms with Crippen molar-refractivity contribution in [2.75, 3.05) is 0 Å². The molecule has 1 saturated carbocycles. The Kier molecular flexibility index (Phi) is 4.10. The van der Waals surface area contributed by atoms with Crippen molar-refractivity contribution >= 4 is 27.4 Å². The van der Waals surface area contributed by atoms with Crippen LogP contribution in [0, 0.1) is 23.7 Å². The van der Waals surface area contributed by atoms with Crippen molar-refractivity contribution in [3.05, 3.63) is 64.7 Å². The van der Waals surface area contributed by atoms with E-state index in [0.29, 0.717) is 10.6 Å². The van der Waals surface area contributed by atoms with Crippen molar-refractivity contribution in [2.45, 2.75) is 23.0 Å². The number of benzene rings is 2. The van der Waals surface area contributed by atoms with E-state index in [9.17, 15) is 23.6 Å². The largest absolute Gasteiger partial charge is 0.480 e. The first kappa shape index (κ1) is 17.5. The van der Waals surface area contributed by atoms with Gasteiger partial charge in [0.05, 0.1) is 11.0 Å². The third-order valence-corrected chi connectivity index (χ3v) is 7.04. The molecule has 0 heterocycles. The number of rotatable bonds is 4. The van der Waals surface area contributed by atoms with Crippen LogP contribution >= 0.6 is 11.6 Å². The van der Waals surface area contributed by atoms with Crippen molar-refractivity contribution in [2.24, 2.45) is 5.41 Å². The van der Waals surface area contributed by atoms with Gasteiger partial charge in [-0.15, -0.1) is 0 Å². The Morgan fingerprint density at radius 2 is 1.88 bits per heavy atom. The SMILES string of the molecule is Cc1ccc(S(=O)(=O)[C@@H]2[C@H](c3cccc(Cl)c3)[C@@]2(C#N)C(=O)O)cc1. The van der Waals surface area contributed by atoms with Gasteiger partial charge in [-0.3, -0.25) is 4.79 Å². The molecule has 1 N–H and O–H groups in total. The molecule has 1 aliphatic carbocycles. The number of sulfone groups is 1. The molecule has 25 heavy (non-hydrogen) atoms. The van der Waals surface area contributed by atoms with E-state index >= 15 is 0 Å². The van der Waals surface area contributed by atoms with E-state index in [0.717, 1.165) is 5.56 Å². The Balaban J connectivity index is 2.14. The monoisotopic (exact) mass is 375 g/mol. The fourth-order valence-electron chi connectivity index (χ4n) is 3.23. The summed E-state index contributed by atoms with van der Waals surface area (Å²) in [5, 5.41) is 18.1. The molecule has 0 spiro atoms. The summed E-state index contributed by atoms with van der Waals surface area (Å²) < 4.78 is 26.0. The molecule has 5 nitrogen and oxygen atoms in total. The van der Waals surface area contributed by atoms with Gasteiger partial charge in [0.2, 0.25) is 0 Å². The van der Waals surface area contributed by atoms with Crippen molar-refractivity contribution in [3.63, 3.8) is 0 Å². The molecule has 0 aliphatic heterocycles. The maximum absolute atomic E-state index is 13.0. The second-order valence-corrected chi connectivity index (χ2v) is 8.60. The highest BCUT2D eigenvalue weighted by molar-refractivity contribution is 7.92. The van der Waals surface area contributed by atoms with Gasteiger partial charge in [0.1, 0.15) is 5.25 Å². The molecule has 0 unspecified atom stereocenters. The summed E-state index contributed by atoms with van der Waals surface area (Å²) in [4.78, 5) is 11.8. The summed E-state index contributed by atoms with van der Waals surface area (Å²) in [5.74, 6) is -2.42. The smallest absolute Gasteiger partial charge is 0.326 e. The van der Waals surface area contributed by atoms with E-state index in [1.807, 2.05) is 6.92 Å². The van der Waals surface area contributed by atoms with Crippen molar-refractivity contribution in [1.82, 2.24) is 0 Å². The highest BCUT2D eigenvalue weighted by Crippen LogP contribution is 2.64. The third kappa shape index (κ3) is 2.60. The van der Waals surface area contributed by atoms with Crippen molar-refractivity contribution in [3.8, 4) is 6.07 Å². The molecule has 0 saturated heterocycles. The fraction of sp³-hybridized carbons (Fsp3) is 0.222. The molecule has 0 aromatic heterocycles. The lowest BCUT2D eigenvalue weighted by molar-refractivity contribution is -0.141. The lowest BCUT2D eigenvalue weighted by atomic mass is 10.0. The zero-order valence-corrected chi connectivity index (χ0v) is 14.8. The second-order valence-electron chi connectivity index (χ2n) is 6.10. The number of carbonyl (C=O) groups is 1. The predicted molar refractivity (Wildman–Crippen MR) is 92.0 cm³/mol. The van der Waals surface area contributed by atoms with Crippen molar-refractivity contribution < 1.29 is 18.3 Å². The molecule has 0 bridgehead atoms. The molecule has 1 fully saturated rings. The molecule has 2 aromatic carbocycles. The molecule has 3 atom stereocenters. The van der Waals surface area contributed by atoms with Gasteiger partial charge >= 0.3 is 5.97 Å². The fourth-order valence-corrected chi connectivity index (χ4v) is 5.68. The van der Waals surface area contributed by atoms with E-state index < -0.39 is 32.4 Å². The molecule has 1 aliphatic rings. The topological polar surface area (TPSA) is 95.2 Å². The van der Waals surface area contributed by atoms with Crippen LogP contribution in [0.2, 0.25) is 5.02 Å². The van der Waals surface area contributed by atoms with E-state index in [2.05, 4.69) is 0 Å². The van der Waals surface area contributed by atoms with Gasteiger partial charge < -0.3 is 5.11 Å². The first-order chi connectivity index (χ1) is 11.7. The van der Waals surface area contributed by atoms with Crippen LogP contribution in [-0.4, -0.2) is 24.7 Å². The number of halogens is 1. The average Bonchev–Trinajstić information content (AvgIpc) is 3.27. The Labute approximate surface area is 150 Å². The van der Waals surface area contributed by atoms with Crippen LogP contribution in [0.3, 0.4) is 0 Å². The van der Waals surface area contributed by atoms with Crippen LogP contribution in [0.25, 0.3) is 0 Å². The minimum atomic E-state index is -4.00. The van der Waals surface area contributed by atoms with Gasteiger partial charge in [-0.2, -0.15) is 5.26 Å². The van der Waals surface area contributed by atoms with E-state index in [1.54, 1.807) is 36.4 Å². The number of aliphatic carboxylic acids is 1. The Morgan fingerprint density at radius 1 is 1.24 bits per heavy atom. The molecular formula is C18H14ClNO4S. The molecule has 3 rings (SSSR count). The lowest BCUT2D eigenvalue weighted by Gasteiger charge is -2.05. The predicted octanol–water partition coefficient (Wildman–Crippen LogP) is 3.18. The number of aryl methyl sites for hydroxylation is 1. The summed E-state index contributed by atoms with van der Waals surface area (Å²) in [7, 11) is -4.00. The zero-order valence-electron chi connectivity index (χ0n) is 13.2. The minimum absolute atomic E-state index is 0.00787. The van der Waals surface area contributed by atoms with Gasteiger partial charge in [0, 0.05) is 10.9 Å². The lowest BCUT2D eigenvalue weighted by Crippen LogP contribution is -2.22. The van der Waals surface area contributed by atoms with Gasteiger partial charge in [-0.1, -0.05) is 41.4 Å². The van der Waals surface area contributed by atoms with Crippen LogP contribution in [0.15, 0.2) is 53.4 Å². The molecule has 0 amide bonds. The van der Waals surface area contributed by atoms with E-state index in [4.69, 9.17) is 11.6 Å². The maximum Gasteiger partial charge on any atom is 0.326 e. The highest BCUT2D eigenvalue weighted by atomic mass is 35.5. The quantitative estimate of drug-likeness (QED) is 0.885. The number of hydrogen-bond donors (Lipinski definition) is 1. The summed E-state index contributed by atoms with van der Waals surface area (Å²) in [6.07, 6.45) is 0. The number of nitriles is 1. The highest BCUT2D eigenvalue weighted by Gasteiger charge is 2.77. The molecule has 128 valence electrons. The Bertz CT molecular complexity index is 994. The third-order valence-electron chi connectivity index (χ3n) is 4.56.